The fourth-order valence-electron chi connectivity index (χ4n) is 5.45. The molecule has 204 valence electrons. The Hall–Kier alpha value is -3.96. The highest BCUT2D eigenvalue weighted by Gasteiger charge is 2.38. The van der Waals surface area contributed by atoms with E-state index in [0.717, 1.165) is 37.6 Å². The minimum Gasteiger partial charge on any atom is -0.353 e. The highest BCUT2D eigenvalue weighted by atomic mass is 32.2. The van der Waals surface area contributed by atoms with Gasteiger partial charge in [0.15, 0.2) is 4.32 Å². The van der Waals surface area contributed by atoms with Crippen LogP contribution in [0, 0.1) is 6.92 Å². The Kier molecular flexibility index (Phi) is 6.71. The molecule has 2 fully saturated rings. The summed E-state index contributed by atoms with van der Waals surface area (Å²) in [5, 5.41) is 0. The molecule has 1 amide bonds. The van der Waals surface area contributed by atoms with E-state index in [9.17, 15) is 14.4 Å². The van der Waals surface area contributed by atoms with Crippen molar-refractivity contribution < 1.29 is 4.79 Å². The third-order valence-electron chi connectivity index (χ3n) is 7.64. The molecule has 11 heteroatoms. The molecule has 0 saturated carbocycles. The van der Waals surface area contributed by atoms with Gasteiger partial charge in [0.25, 0.3) is 17.0 Å². The van der Waals surface area contributed by atoms with E-state index in [-0.39, 0.29) is 32.1 Å². The first-order valence-electron chi connectivity index (χ1n) is 13.2. The van der Waals surface area contributed by atoms with Gasteiger partial charge in [-0.05, 0) is 63.5 Å². The van der Waals surface area contributed by atoms with Crippen molar-refractivity contribution in [1.82, 2.24) is 18.7 Å². The van der Waals surface area contributed by atoms with Crippen molar-refractivity contribution in [3.8, 4) is 5.69 Å². The van der Waals surface area contributed by atoms with Crippen LogP contribution in [0.2, 0.25) is 0 Å². The van der Waals surface area contributed by atoms with Crippen molar-refractivity contribution in [2.75, 3.05) is 16.3 Å². The number of para-hydroxylation sites is 1. The standard InChI is InChI=1S/C29H28N6O3S2/c1-18-11-7-9-15-32(18)25-21(26(36)33-16-10-8-14-23(33)30-25)17-22-27(37)34(29(39)40-22)24-19(2)31(3)35(28(24)38)20-12-5-4-6-13-20/h4-6,8,10,12-14,16-18H,7,9,11,15H2,1-3H3/b22-17+. The first-order chi connectivity index (χ1) is 19.3. The summed E-state index contributed by atoms with van der Waals surface area (Å²) in [6.07, 6.45) is 6.39. The summed E-state index contributed by atoms with van der Waals surface area (Å²) in [6.45, 7) is 4.70. The number of nitrogens with zero attached hydrogens (tertiary/aromatic N) is 6. The van der Waals surface area contributed by atoms with Gasteiger partial charge >= 0.3 is 0 Å². The van der Waals surface area contributed by atoms with Crippen LogP contribution >= 0.6 is 24.0 Å². The van der Waals surface area contributed by atoms with Crippen molar-refractivity contribution in [1.29, 1.82) is 0 Å². The van der Waals surface area contributed by atoms with Crippen LogP contribution in [0.3, 0.4) is 0 Å². The minimum atomic E-state index is -0.434. The number of carbonyl (C=O) groups is 1. The summed E-state index contributed by atoms with van der Waals surface area (Å²) in [7, 11) is 1.77. The topological polar surface area (TPSA) is 84.9 Å². The highest BCUT2D eigenvalue weighted by molar-refractivity contribution is 8.27. The molecule has 2 aliphatic heterocycles. The number of pyridine rings is 1. The Bertz CT molecular complexity index is 1820. The van der Waals surface area contributed by atoms with E-state index in [4.69, 9.17) is 17.2 Å². The lowest BCUT2D eigenvalue weighted by Gasteiger charge is -2.35. The molecule has 2 aliphatic rings. The van der Waals surface area contributed by atoms with Crippen LogP contribution in [0.5, 0.6) is 0 Å². The van der Waals surface area contributed by atoms with E-state index in [1.807, 2.05) is 36.4 Å². The summed E-state index contributed by atoms with van der Waals surface area (Å²) in [4.78, 5) is 49.9. The Morgan fingerprint density at radius 3 is 2.52 bits per heavy atom. The van der Waals surface area contributed by atoms with E-state index >= 15 is 0 Å². The van der Waals surface area contributed by atoms with Gasteiger partial charge in [-0.3, -0.25) is 28.4 Å². The molecule has 9 nitrogen and oxygen atoms in total. The zero-order valence-electron chi connectivity index (χ0n) is 22.4. The van der Waals surface area contributed by atoms with Crippen molar-refractivity contribution >= 4 is 57.4 Å². The number of thioether (sulfide) groups is 1. The van der Waals surface area contributed by atoms with Crippen LogP contribution in [-0.2, 0) is 11.8 Å². The fraction of sp³-hybridized carbons (Fsp3) is 0.276. The minimum absolute atomic E-state index is 0.204. The molecule has 5 heterocycles. The van der Waals surface area contributed by atoms with Crippen LogP contribution in [-0.4, -0.2) is 41.6 Å². The van der Waals surface area contributed by atoms with Gasteiger partial charge in [-0.1, -0.05) is 48.2 Å². The fourth-order valence-corrected chi connectivity index (χ4v) is 6.70. The number of anilines is 2. The Balaban J connectivity index is 1.48. The lowest BCUT2D eigenvalue weighted by molar-refractivity contribution is -0.113. The van der Waals surface area contributed by atoms with Gasteiger partial charge in [0, 0.05) is 25.8 Å². The number of aromatic nitrogens is 4. The smallest absolute Gasteiger partial charge is 0.296 e. The van der Waals surface area contributed by atoms with Crippen molar-refractivity contribution in [2.24, 2.45) is 7.05 Å². The van der Waals surface area contributed by atoms with Gasteiger partial charge in [-0.15, -0.1) is 0 Å². The van der Waals surface area contributed by atoms with Gasteiger partial charge in [0.1, 0.15) is 17.2 Å². The van der Waals surface area contributed by atoms with Gasteiger partial charge in [-0.25, -0.2) is 9.67 Å². The molecule has 6 rings (SSSR count). The molecule has 0 spiro atoms. The third-order valence-corrected chi connectivity index (χ3v) is 8.94. The number of piperidine rings is 1. The number of hydrogen-bond donors (Lipinski definition) is 0. The van der Waals surface area contributed by atoms with Crippen molar-refractivity contribution in [3.05, 3.63) is 91.6 Å². The molecule has 1 aromatic carbocycles. The van der Waals surface area contributed by atoms with Gasteiger partial charge in [-0.2, -0.15) is 0 Å². The van der Waals surface area contributed by atoms with E-state index in [1.54, 1.807) is 43.1 Å². The third kappa shape index (κ3) is 4.20. The summed E-state index contributed by atoms with van der Waals surface area (Å²) in [6, 6.07) is 14.9. The molecule has 4 aromatic rings. The number of fused-ring (bicyclic) bond motifs is 1. The zero-order valence-corrected chi connectivity index (χ0v) is 24.0. The molecule has 3 aromatic heterocycles. The molecular weight excluding hydrogens is 544 g/mol. The first kappa shape index (κ1) is 26.3. The number of carbonyl (C=O) groups excluding carboxylic acids is 1. The first-order valence-corrected chi connectivity index (χ1v) is 14.4. The van der Waals surface area contributed by atoms with E-state index in [0.29, 0.717) is 28.4 Å². The van der Waals surface area contributed by atoms with Crippen LogP contribution in [0.25, 0.3) is 17.4 Å². The van der Waals surface area contributed by atoms with Crippen LogP contribution in [0.1, 0.15) is 37.4 Å². The zero-order chi connectivity index (χ0) is 28.1. The van der Waals surface area contributed by atoms with Gasteiger partial charge in [0.2, 0.25) is 0 Å². The molecule has 1 atom stereocenters. The number of hydrogen-bond acceptors (Lipinski definition) is 7. The molecule has 2 saturated heterocycles. The second-order valence-corrected chi connectivity index (χ2v) is 11.7. The average molecular weight is 573 g/mol. The second-order valence-electron chi connectivity index (χ2n) is 10.0. The molecule has 1 unspecified atom stereocenters. The van der Waals surface area contributed by atoms with Crippen molar-refractivity contribution in [2.45, 2.75) is 39.2 Å². The SMILES string of the molecule is Cc1c(N2C(=O)/C(=C\c3c(N4CCCCC4C)nc4ccccn4c3=O)SC2=S)c(=O)n(-c2ccccc2)n1C. The van der Waals surface area contributed by atoms with Crippen molar-refractivity contribution in [3.63, 3.8) is 0 Å². The van der Waals surface area contributed by atoms with Gasteiger partial charge in [0.05, 0.1) is 21.8 Å². The molecule has 0 bridgehead atoms. The van der Waals surface area contributed by atoms with Crippen LogP contribution in [0.15, 0.2) is 69.2 Å². The largest absolute Gasteiger partial charge is 0.353 e. The molecule has 0 N–H and O–H groups in total. The maximum Gasteiger partial charge on any atom is 0.296 e. The Morgan fingerprint density at radius 1 is 1.02 bits per heavy atom. The number of benzene rings is 1. The average Bonchev–Trinajstić information content (AvgIpc) is 3.35. The Labute approximate surface area is 240 Å². The maximum atomic E-state index is 13.9. The molecule has 40 heavy (non-hydrogen) atoms. The summed E-state index contributed by atoms with van der Waals surface area (Å²) < 4.78 is 4.96. The maximum absolute atomic E-state index is 13.9. The lowest BCUT2D eigenvalue weighted by Crippen LogP contribution is -2.40. The summed E-state index contributed by atoms with van der Waals surface area (Å²) in [5.74, 6) is 0.132. The lowest BCUT2D eigenvalue weighted by atomic mass is 10.0. The predicted molar refractivity (Wildman–Crippen MR) is 164 cm³/mol. The predicted octanol–water partition coefficient (Wildman–Crippen LogP) is 4.28. The van der Waals surface area contributed by atoms with Crippen LogP contribution < -0.4 is 20.9 Å². The number of thiocarbonyl (C=S) groups is 1. The van der Waals surface area contributed by atoms with E-state index < -0.39 is 5.91 Å². The molecule has 0 radical (unpaired) electrons. The number of amides is 1. The second kappa shape index (κ2) is 10.2. The quantitative estimate of drug-likeness (QED) is 0.267. The monoisotopic (exact) mass is 572 g/mol. The Morgan fingerprint density at radius 2 is 1.77 bits per heavy atom. The van der Waals surface area contributed by atoms with Gasteiger partial charge < -0.3 is 4.90 Å². The van der Waals surface area contributed by atoms with Crippen LogP contribution in [0.4, 0.5) is 11.5 Å². The highest BCUT2D eigenvalue weighted by Crippen LogP contribution is 2.37. The molecular formula is C29H28N6O3S2. The molecule has 0 aliphatic carbocycles. The number of rotatable bonds is 4. The normalized spacial score (nSPS) is 18.9. The summed E-state index contributed by atoms with van der Waals surface area (Å²) >= 11 is 6.72. The van der Waals surface area contributed by atoms with E-state index in [1.165, 1.54) is 14.0 Å². The summed E-state index contributed by atoms with van der Waals surface area (Å²) in [5.41, 5.74) is 1.76. The van der Waals surface area contributed by atoms with E-state index in [2.05, 4.69) is 11.8 Å².